The number of aromatic nitrogens is 4. The molecular formula is C13H11ClN4O. The minimum absolute atomic E-state index is 0.324. The second kappa shape index (κ2) is 4.85. The summed E-state index contributed by atoms with van der Waals surface area (Å²) in [6.45, 7) is 2.08. The number of hydrogen-bond donors (Lipinski definition) is 0. The lowest BCUT2D eigenvalue weighted by atomic mass is 10.1. The molecule has 0 bridgehead atoms. The van der Waals surface area contributed by atoms with Crippen LogP contribution in [0, 0.1) is 0 Å². The maximum atomic E-state index is 5.95. The van der Waals surface area contributed by atoms with Crippen molar-refractivity contribution in [1.82, 2.24) is 19.6 Å². The number of benzene rings is 1. The fourth-order valence-corrected chi connectivity index (χ4v) is 2.01. The molecule has 0 aliphatic heterocycles. The molecule has 96 valence electrons. The Morgan fingerprint density at radius 3 is 3.00 bits per heavy atom. The third-order valence-corrected chi connectivity index (χ3v) is 2.95. The van der Waals surface area contributed by atoms with E-state index in [9.17, 15) is 0 Å². The topological polar surface area (TPSA) is 52.3 Å². The molecule has 0 saturated carbocycles. The molecule has 0 radical (unpaired) electrons. The van der Waals surface area contributed by atoms with Gasteiger partial charge in [-0.3, -0.25) is 0 Å². The van der Waals surface area contributed by atoms with Crippen LogP contribution in [0.5, 0.6) is 11.6 Å². The van der Waals surface area contributed by atoms with Gasteiger partial charge in [-0.2, -0.15) is 19.6 Å². The van der Waals surface area contributed by atoms with Crippen LogP contribution in [-0.2, 0) is 6.42 Å². The highest BCUT2D eigenvalue weighted by Crippen LogP contribution is 2.26. The monoisotopic (exact) mass is 274 g/mol. The van der Waals surface area contributed by atoms with E-state index in [-0.39, 0.29) is 0 Å². The number of rotatable bonds is 3. The first-order valence-corrected chi connectivity index (χ1v) is 6.27. The molecule has 0 fully saturated rings. The first kappa shape index (κ1) is 11.9. The van der Waals surface area contributed by atoms with Crippen LogP contribution < -0.4 is 4.74 Å². The number of aryl methyl sites for hydroxylation is 1. The van der Waals surface area contributed by atoms with Crippen LogP contribution >= 0.6 is 11.6 Å². The number of fused-ring (bicyclic) bond motifs is 1. The molecule has 0 N–H and O–H groups in total. The van der Waals surface area contributed by atoms with E-state index in [1.165, 1.54) is 10.8 Å². The third kappa shape index (κ3) is 2.24. The van der Waals surface area contributed by atoms with Crippen LogP contribution in [0.15, 0.2) is 36.7 Å². The summed E-state index contributed by atoms with van der Waals surface area (Å²) in [6, 6.07) is 9.47. The minimum Gasteiger partial charge on any atom is -0.438 e. The van der Waals surface area contributed by atoms with E-state index >= 15 is 0 Å². The first-order valence-electron chi connectivity index (χ1n) is 5.90. The van der Waals surface area contributed by atoms with Gasteiger partial charge in [0.15, 0.2) is 0 Å². The highest BCUT2D eigenvalue weighted by Gasteiger charge is 2.10. The molecule has 5 nitrogen and oxygen atoms in total. The van der Waals surface area contributed by atoms with Gasteiger partial charge in [0, 0.05) is 6.07 Å². The van der Waals surface area contributed by atoms with Gasteiger partial charge in [-0.25, -0.2) is 0 Å². The Balaban J connectivity index is 2.07. The normalized spacial score (nSPS) is 10.8. The van der Waals surface area contributed by atoms with Gasteiger partial charge in [-0.05, 0) is 18.1 Å². The molecule has 0 unspecified atom stereocenters. The van der Waals surface area contributed by atoms with E-state index in [1.54, 1.807) is 6.07 Å². The summed E-state index contributed by atoms with van der Waals surface area (Å²) < 4.78 is 7.40. The molecule has 0 aliphatic carbocycles. The molecule has 0 saturated heterocycles. The third-order valence-electron chi connectivity index (χ3n) is 2.76. The molecule has 2 heterocycles. The molecule has 6 heteroatoms. The molecule has 0 spiro atoms. The smallest absolute Gasteiger partial charge is 0.256 e. The molecule has 0 atom stereocenters. The fourth-order valence-electron chi connectivity index (χ4n) is 1.84. The van der Waals surface area contributed by atoms with Gasteiger partial charge in [-0.15, -0.1) is 0 Å². The summed E-state index contributed by atoms with van der Waals surface area (Å²) in [5.41, 5.74) is 1.11. The average molecular weight is 275 g/mol. The minimum atomic E-state index is 0.324. The number of halogens is 1. The molecule has 0 aliphatic rings. The van der Waals surface area contributed by atoms with Crippen molar-refractivity contribution in [3.05, 3.63) is 47.4 Å². The van der Waals surface area contributed by atoms with E-state index in [4.69, 9.17) is 16.3 Å². The van der Waals surface area contributed by atoms with Gasteiger partial charge < -0.3 is 4.74 Å². The summed E-state index contributed by atoms with van der Waals surface area (Å²) in [5.74, 6) is 1.69. The van der Waals surface area contributed by atoms with Crippen molar-refractivity contribution in [2.45, 2.75) is 13.3 Å². The summed E-state index contributed by atoms with van der Waals surface area (Å²) >= 11 is 5.95. The van der Waals surface area contributed by atoms with Crippen LogP contribution in [0.4, 0.5) is 0 Å². The Labute approximate surface area is 114 Å². The van der Waals surface area contributed by atoms with E-state index in [1.807, 2.05) is 24.3 Å². The van der Waals surface area contributed by atoms with Crippen LogP contribution in [0.2, 0.25) is 5.15 Å². The number of nitrogens with zero attached hydrogens (tertiary/aromatic N) is 4. The lowest BCUT2D eigenvalue weighted by Crippen LogP contribution is -1.99. The second-order valence-electron chi connectivity index (χ2n) is 3.95. The molecule has 3 rings (SSSR count). The maximum absolute atomic E-state index is 5.95. The van der Waals surface area contributed by atoms with Crippen LogP contribution in [0.3, 0.4) is 0 Å². The van der Waals surface area contributed by atoms with Crippen molar-refractivity contribution >= 4 is 17.4 Å². The van der Waals surface area contributed by atoms with Crippen molar-refractivity contribution in [3.63, 3.8) is 0 Å². The molecule has 3 aromatic rings. The van der Waals surface area contributed by atoms with Gasteiger partial charge in [0.1, 0.15) is 17.2 Å². The lowest BCUT2D eigenvalue weighted by molar-refractivity contribution is 0.441. The molecule has 0 amide bonds. The second-order valence-corrected chi connectivity index (χ2v) is 4.34. The van der Waals surface area contributed by atoms with Crippen LogP contribution in [0.1, 0.15) is 12.5 Å². The predicted molar refractivity (Wildman–Crippen MR) is 71.7 cm³/mol. The summed E-state index contributed by atoms with van der Waals surface area (Å²) in [4.78, 5) is 8.06. The molecule has 2 aromatic heterocycles. The average Bonchev–Trinajstić information content (AvgIpc) is 2.87. The summed E-state index contributed by atoms with van der Waals surface area (Å²) in [7, 11) is 0. The SMILES string of the molecule is CCc1ccccc1Oc1cc(Cl)nc2ncnn12. The molecule has 19 heavy (non-hydrogen) atoms. The predicted octanol–water partition coefficient (Wildman–Crippen LogP) is 3.13. The largest absolute Gasteiger partial charge is 0.438 e. The van der Waals surface area contributed by atoms with E-state index < -0.39 is 0 Å². The van der Waals surface area contributed by atoms with Gasteiger partial charge in [0.2, 0.25) is 5.88 Å². The van der Waals surface area contributed by atoms with E-state index in [0.29, 0.717) is 16.8 Å². The van der Waals surface area contributed by atoms with Crippen molar-refractivity contribution in [1.29, 1.82) is 0 Å². The van der Waals surface area contributed by atoms with Crippen molar-refractivity contribution in [2.75, 3.05) is 0 Å². The number of para-hydroxylation sites is 1. The van der Waals surface area contributed by atoms with E-state index in [0.717, 1.165) is 17.7 Å². The maximum Gasteiger partial charge on any atom is 0.256 e. The van der Waals surface area contributed by atoms with Gasteiger partial charge >= 0.3 is 0 Å². The summed E-state index contributed by atoms with van der Waals surface area (Å²) in [5, 5.41) is 4.39. The quantitative estimate of drug-likeness (QED) is 0.689. The highest BCUT2D eigenvalue weighted by molar-refractivity contribution is 6.29. The van der Waals surface area contributed by atoms with Gasteiger partial charge in [0.05, 0.1) is 0 Å². The lowest BCUT2D eigenvalue weighted by Gasteiger charge is -2.10. The van der Waals surface area contributed by atoms with Crippen molar-refractivity contribution in [2.24, 2.45) is 0 Å². The Morgan fingerprint density at radius 1 is 1.32 bits per heavy atom. The zero-order valence-corrected chi connectivity index (χ0v) is 11.0. The molecular weight excluding hydrogens is 264 g/mol. The van der Waals surface area contributed by atoms with Crippen LogP contribution in [-0.4, -0.2) is 19.6 Å². The van der Waals surface area contributed by atoms with Crippen molar-refractivity contribution in [3.8, 4) is 11.6 Å². The van der Waals surface area contributed by atoms with Crippen molar-refractivity contribution < 1.29 is 4.74 Å². The standard InChI is InChI=1S/C13H11ClN4O/c1-2-9-5-3-4-6-10(9)19-12-7-11(14)17-13-15-8-16-18(12)13/h3-8H,2H2,1H3. The summed E-state index contributed by atoms with van der Waals surface area (Å²) in [6.07, 6.45) is 2.30. The highest BCUT2D eigenvalue weighted by atomic mass is 35.5. The number of hydrogen-bond acceptors (Lipinski definition) is 4. The Hall–Kier alpha value is -2.14. The van der Waals surface area contributed by atoms with Crippen LogP contribution in [0.25, 0.3) is 5.78 Å². The Kier molecular flexibility index (Phi) is 3.05. The number of ether oxygens (including phenoxy) is 1. The van der Waals surface area contributed by atoms with E-state index in [2.05, 4.69) is 22.0 Å². The Morgan fingerprint density at radius 2 is 2.16 bits per heavy atom. The zero-order chi connectivity index (χ0) is 13.2. The first-order chi connectivity index (χ1) is 9.28. The Bertz CT molecular complexity index is 725. The zero-order valence-electron chi connectivity index (χ0n) is 10.2. The van der Waals surface area contributed by atoms with Gasteiger partial charge in [-0.1, -0.05) is 36.7 Å². The van der Waals surface area contributed by atoms with Gasteiger partial charge in [0.25, 0.3) is 5.78 Å². The molecule has 1 aromatic carbocycles. The fraction of sp³-hybridized carbons (Fsp3) is 0.154.